The Kier molecular flexibility index (Phi) is 3.84. The third-order valence-electron chi connectivity index (χ3n) is 2.55. The third-order valence-corrected chi connectivity index (χ3v) is 3.01. The number of aryl methyl sites for hydroxylation is 2. The number of hydrogen-bond donors (Lipinski definition) is 1. The molecular weight excluding hydrogens is 278 g/mol. The van der Waals surface area contributed by atoms with Gasteiger partial charge in [0.25, 0.3) is 0 Å². The highest BCUT2D eigenvalue weighted by Gasteiger charge is 1.99. The van der Waals surface area contributed by atoms with Crippen LogP contribution < -0.4 is 5.32 Å². The van der Waals surface area contributed by atoms with E-state index in [4.69, 9.17) is 0 Å². The Labute approximate surface area is 110 Å². The minimum Gasteiger partial charge on any atom is -0.381 e. The zero-order chi connectivity index (χ0) is 12.3. The summed E-state index contributed by atoms with van der Waals surface area (Å²) in [7, 11) is 0. The summed E-state index contributed by atoms with van der Waals surface area (Å²) >= 11 is 3.50. The van der Waals surface area contributed by atoms with Gasteiger partial charge in [0.15, 0.2) is 0 Å². The van der Waals surface area contributed by atoms with E-state index < -0.39 is 0 Å². The molecule has 1 aromatic heterocycles. The van der Waals surface area contributed by atoms with E-state index in [-0.39, 0.29) is 0 Å². The highest BCUT2D eigenvalue weighted by Crippen LogP contribution is 2.19. The molecule has 4 heteroatoms. The van der Waals surface area contributed by atoms with Crippen molar-refractivity contribution >= 4 is 21.6 Å². The molecule has 0 atom stereocenters. The van der Waals surface area contributed by atoms with Crippen LogP contribution in [0.3, 0.4) is 0 Å². The normalized spacial score (nSPS) is 10.5. The van der Waals surface area contributed by atoms with Crippen molar-refractivity contribution in [3.8, 4) is 0 Å². The summed E-state index contributed by atoms with van der Waals surface area (Å²) in [6.07, 6.45) is 3.97. The topological polar surface area (TPSA) is 29.9 Å². The predicted octanol–water partition coefficient (Wildman–Crippen LogP) is 3.59. The molecule has 0 aliphatic heterocycles. The van der Waals surface area contributed by atoms with Crippen molar-refractivity contribution in [2.45, 2.75) is 26.9 Å². The fourth-order valence-electron chi connectivity index (χ4n) is 1.71. The smallest absolute Gasteiger partial charge is 0.0539 e. The number of hydrogen-bond acceptors (Lipinski definition) is 2. The lowest BCUT2D eigenvalue weighted by Gasteiger charge is -2.06. The van der Waals surface area contributed by atoms with Gasteiger partial charge in [-0.15, -0.1) is 0 Å². The lowest BCUT2D eigenvalue weighted by Crippen LogP contribution is -1.99. The Morgan fingerprint density at radius 1 is 1.35 bits per heavy atom. The van der Waals surface area contributed by atoms with Crippen molar-refractivity contribution in [1.29, 1.82) is 0 Å². The van der Waals surface area contributed by atoms with Crippen LogP contribution in [0.2, 0.25) is 0 Å². The van der Waals surface area contributed by atoms with Crippen LogP contribution in [-0.2, 0) is 13.1 Å². The zero-order valence-corrected chi connectivity index (χ0v) is 11.7. The lowest BCUT2D eigenvalue weighted by atomic mass is 10.2. The molecule has 0 unspecified atom stereocenters. The monoisotopic (exact) mass is 293 g/mol. The van der Waals surface area contributed by atoms with E-state index in [1.807, 2.05) is 10.9 Å². The maximum absolute atomic E-state index is 4.25. The molecule has 0 radical (unpaired) electrons. The summed E-state index contributed by atoms with van der Waals surface area (Å²) < 4.78 is 3.03. The minimum atomic E-state index is 0.801. The molecule has 0 aliphatic rings. The van der Waals surface area contributed by atoms with Crippen LogP contribution >= 0.6 is 15.9 Å². The van der Waals surface area contributed by atoms with E-state index in [1.54, 1.807) is 0 Å². The molecule has 0 spiro atoms. The highest BCUT2D eigenvalue weighted by molar-refractivity contribution is 9.10. The summed E-state index contributed by atoms with van der Waals surface area (Å²) in [5, 5.41) is 7.65. The van der Waals surface area contributed by atoms with E-state index >= 15 is 0 Å². The summed E-state index contributed by atoms with van der Waals surface area (Å²) in [5.74, 6) is 0. The molecule has 0 fully saturated rings. The van der Waals surface area contributed by atoms with Gasteiger partial charge in [-0.2, -0.15) is 5.10 Å². The van der Waals surface area contributed by atoms with E-state index in [0.29, 0.717) is 0 Å². The van der Waals surface area contributed by atoms with Gasteiger partial charge in [-0.05, 0) is 37.6 Å². The van der Waals surface area contributed by atoms with E-state index in [1.165, 1.54) is 11.1 Å². The fourth-order valence-corrected chi connectivity index (χ4v) is 2.32. The highest BCUT2D eigenvalue weighted by atomic mass is 79.9. The van der Waals surface area contributed by atoms with Crippen molar-refractivity contribution in [1.82, 2.24) is 9.78 Å². The molecule has 0 bridgehead atoms. The number of nitrogens with one attached hydrogen (secondary N) is 1. The Morgan fingerprint density at radius 2 is 2.18 bits per heavy atom. The number of benzene rings is 1. The van der Waals surface area contributed by atoms with Crippen LogP contribution in [0.15, 0.2) is 35.1 Å². The van der Waals surface area contributed by atoms with Crippen molar-refractivity contribution in [3.05, 3.63) is 46.2 Å². The fraction of sp³-hybridized carbons (Fsp3) is 0.308. The van der Waals surface area contributed by atoms with Crippen LogP contribution in [0.25, 0.3) is 0 Å². The number of rotatable bonds is 4. The first kappa shape index (κ1) is 12.2. The first-order valence-corrected chi connectivity index (χ1v) is 6.49. The van der Waals surface area contributed by atoms with Gasteiger partial charge in [-0.3, -0.25) is 4.68 Å². The van der Waals surface area contributed by atoms with Crippen molar-refractivity contribution < 1.29 is 0 Å². The second-order valence-corrected chi connectivity index (χ2v) is 4.99. The zero-order valence-electron chi connectivity index (χ0n) is 10.1. The van der Waals surface area contributed by atoms with Crippen molar-refractivity contribution in [2.24, 2.45) is 0 Å². The molecule has 0 saturated carbocycles. The van der Waals surface area contributed by atoms with Crippen molar-refractivity contribution in [3.63, 3.8) is 0 Å². The summed E-state index contributed by atoms with van der Waals surface area (Å²) in [6, 6.07) is 6.31. The van der Waals surface area contributed by atoms with Crippen LogP contribution in [0.4, 0.5) is 5.69 Å². The first-order chi connectivity index (χ1) is 8.17. The number of nitrogens with zero attached hydrogens (tertiary/aromatic N) is 2. The lowest BCUT2D eigenvalue weighted by molar-refractivity contribution is 0.659. The maximum atomic E-state index is 4.25. The van der Waals surface area contributed by atoms with Crippen LogP contribution in [0.5, 0.6) is 0 Å². The molecule has 1 N–H and O–H groups in total. The largest absolute Gasteiger partial charge is 0.381 e. The van der Waals surface area contributed by atoms with Gasteiger partial charge in [0.1, 0.15) is 0 Å². The number of halogens is 1. The SMILES string of the molecule is CCn1cc(CNc2cc(C)cc(Br)c2)cn1. The van der Waals surface area contributed by atoms with Gasteiger partial charge in [0, 0.05) is 35.0 Å². The molecule has 1 heterocycles. The Balaban J connectivity index is 2.01. The standard InChI is InChI=1S/C13H16BrN3/c1-3-17-9-11(8-16-17)7-15-13-5-10(2)4-12(14)6-13/h4-6,8-9,15H,3,7H2,1-2H3. The molecule has 0 amide bonds. The molecule has 2 aromatic rings. The maximum Gasteiger partial charge on any atom is 0.0539 e. The van der Waals surface area contributed by atoms with Crippen LogP contribution in [0.1, 0.15) is 18.1 Å². The minimum absolute atomic E-state index is 0.801. The number of anilines is 1. The molecule has 3 nitrogen and oxygen atoms in total. The van der Waals surface area contributed by atoms with Crippen LogP contribution in [0, 0.1) is 6.92 Å². The van der Waals surface area contributed by atoms with Gasteiger partial charge in [-0.25, -0.2) is 0 Å². The van der Waals surface area contributed by atoms with Gasteiger partial charge in [0.05, 0.1) is 6.20 Å². The Bertz CT molecular complexity index is 485. The van der Waals surface area contributed by atoms with Gasteiger partial charge < -0.3 is 5.32 Å². The Morgan fingerprint density at radius 3 is 2.82 bits per heavy atom. The number of aromatic nitrogens is 2. The van der Waals surface area contributed by atoms with Gasteiger partial charge in [0.2, 0.25) is 0 Å². The van der Waals surface area contributed by atoms with Crippen LogP contribution in [-0.4, -0.2) is 9.78 Å². The second-order valence-electron chi connectivity index (χ2n) is 4.08. The quantitative estimate of drug-likeness (QED) is 0.934. The van der Waals surface area contributed by atoms with Gasteiger partial charge >= 0.3 is 0 Å². The van der Waals surface area contributed by atoms with E-state index in [0.717, 1.165) is 23.2 Å². The molecule has 0 aliphatic carbocycles. The molecular formula is C13H16BrN3. The molecule has 2 rings (SSSR count). The molecule has 1 aromatic carbocycles. The summed E-state index contributed by atoms with van der Waals surface area (Å²) in [6.45, 7) is 5.89. The average Bonchev–Trinajstić information content (AvgIpc) is 2.73. The summed E-state index contributed by atoms with van der Waals surface area (Å²) in [5.41, 5.74) is 3.57. The van der Waals surface area contributed by atoms with Gasteiger partial charge in [-0.1, -0.05) is 15.9 Å². The Hall–Kier alpha value is -1.29. The molecule has 0 saturated heterocycles. The molecule has 90 valence electrons. The van der Waals surface area contributed by atoms with E-state index in [2.05, 4.69) is 64.6 Å². The predicted molar refractivity (Wildman–Crippen MR) is 74.1 cm³/mol. The average molecular weight is 294 g/mol. The van der Waals surface area contributed by atoms with E-state index in [9.17, 15) is 0 Å². The first-order valence-electron chi connectivity index (χ1n) is 5.70. The summed E-state index contributed by atoms with van der Waals surface area (Å²) in [4.78, 5) is 0. The second kappa shape index (κ2) is 5.36. The molecule has 17 heavy (non-hydrogen) atoms. The van der Waals surface area contributed by atoms with Crippen molar-refractivity contribution in [2.75, 3.05) is 5.32 Å². The third kappa shape index (κ3) is 3.33.